The maximum Gasteiger partial charge on any atom is 0.325 e. The number of nitrogens with zero attached hydrogens (tertiary/aromatic N) is 3. The molecule has 0 bridgehead atoms. The van der Waals surface area contributed by atoms with Gasteiger partial charge in [0.15, 0.2) is 0 Å². The fraction of sp³-hybridized carbons (Fsp3) is 0.389. The van der Waals surface area contributed by atoms with Crippen LogP contribution in [0.1, 0.15) is 23.7 Å². The largest absolute Gasteiger partial charge is 0.497 e. The first-order valence-corrected chi connectivity index (χ1v) is 8.08. The number of carbonyl (C=O) groups is 2. The zero-order valence-corrected chi connectivity index (χ0v) is 14.9. The summed E-state index contributed by atoms with van der Waals surface area (Å²) in [5, 5.41) is 7.15. The predicted octanol–water partition coefficient (Wildman–Crippen LogP) is 1.79. The highest BCUT2D eigenvalue weighted by Crippen LogP contribution is 2.25. The molecular formula is C18H22N4O3. The molecule has 25 heavy (non-hydrogen) atoms. The number of carbonyl (C=O) groups excluding carboxylic acids is 2. The third kappa shape index (κ3) is 3.22. The van der Waals surface area contributed by atoms with E-state index in [-0.39, 0.29) is 18.5 Å². The molecule has 2 aromatic rings. The first kappa shape index (κ1) is 17.0. The molecule has 0 radical (unpaired) electrons. The van der Waals surface area contributed by atoms with Crippen molar-refractivity contribution < 1.29 is 14.3 Å². The number of aryl methyl sites for hydroxylation is 2. The lowest BCUT2D eigenvalue weighted by Crippen LogP contribution is -2.45. The Bertz CT molecular complexity index is 812. The molecule has 0 saturated carbocycles. The second-order valence-corrected chi connectivity index (χ2v) is 6.61. The number of hydrogen-bond donors (Lipinski definition) is 1. The van der Waals surface area contributed by atoms with E-state index < -0.39 is 5.54 Å². The Morgan fingerprint density at radius 1 is 1.24 bits per heavy atom. The molecule has 0 aliphatic carbocycles. The molecule has 1 atom stereocenters. The van der Waals surface area contributed by atoms with Crippen LogP contribution in [0.5, 0.6) is 5.75 Å². The van der Waals surface area contributed by atoms with Gasteiger partial charge in [0.05, 0.1) is 19.3 Å². The lowest BCUT2D eigenvalue weighted by atomic mass is 9.93. The standard InChI is InChI=1S/C18H22N4O3/c1-12-10-21(3)20-15(12)11-22-16(23)18(2,19-17(22)24)9-13-5-7-14(25-4)8-6-13/h5-8,10H,9,11H2,1-4H3,(H,19,24). The van der Waals surface area contributed by atoms with Crippen molar-refractivity contribution >= 4 is 11.9 Å². The SMILES string of the molecule is COc1ccc(CC2(C)NC(=O)N(Cc3nn(C)cc3C)C2=O)cc1. The number of methoxy groups -OCH3 is 1. The van der Waals surface area contributed by atoms with E-state index in [1.165, 1.54) is 4.90 Å². The van der Waals surface area contributed by atoms with Crippen molar-refractivity contribution in [2.75, 3.05) is 7.11 Å². The highest BCUT2D eigenvalue weighted by atomic mass is 16.5. The van der Waals surface area contributed by atoms with E-state index >= 15 is 0 Å². The summed E-state index contributed by atoms with van der Waals surface area (Å²) in [4.78, 5) is 26.5. The minimum Gasteiger partial charge on any atom is -0.497 e. The van der Waals surface area contributed by atoms with Crippen LogP contribution in [0.3, 0.4) is 0 Å². The van der Waals surface area contributed by atoms with Crippen LogP contribution >= 0.6 is 0 Å². The Morgan fingerprint density at radius 2 is 1.92 bits per heavy atom. The highest BCUT2D eigenvalue weighted by molar-refractivity contribution is 6.06. The number of urea groups is 1. The first-order valence-electron chi connectivity index (χ1n) is 8.08. The van der Waals surface area contributed by atoms with Gasteiger partial charge in [-0.25, -0.2) is 4.79 Å². The second-order valence-electron chi connectivity index (χ2n) is 6.61. The van der Waals surface area contributed by atoms with Gasteiger partial charge in [0.1, 0.15) is 11.3 Å². The Balaban J connectivity index is 1.77. The van der Waals surface area contributed by atoms with Crippen molar-refractivity contribution in [3.8, 4) is 5.75 Å². The fourth-order valence-electron chi connectivity index (χ4n) is 3.12. The fourth-order valence-corrected chi connectivity index (χ4v) is 3.12. The van der Waals surface area contributed by atoms with Gasteiger partial charge in [-0.05, 0) is 37.1 Å². The van der Waals surface area contributed by atoms with E-state index in [1.807, 2.05) is 44.4 Å². The van der Waals surface area contributed by atoms with Crippen molar-refractivity contribution in [1.82, 2.24) is 20.0 Å². The monoisotopic (exact) mass is 342 g/mol. The maximum atomic E-state index is 12.9. The van der Waals surface area contributed by atoms with Crippen LogP contribution in [-0.2, 0) is 24.8 Å². The van der Waals surface area contributed by atoms with E-state index in [1.54, 1.807) is 18.7 Å². The van der Waals surface area contributed by atoms with E-state index in [4.69, 9.17) is 4.74 Å². The number of hydrogen-bond acceptors (Lipinski definition) is 4. The number of aromatic nitrogens is 2. The predicted molar refractivity (Wildman–Crippen MR) is 92.1 cm³/mol. The molecule has 1 aliphatic heterocycles. The molecule has 1 saturated heterocycles. The van der Waals surface area contributed by atoms with Crippen molar-refractivity contribution in [1.29, 1.82) is 0 Å². The van der Waals surface area contributed by atoms with Gasteiger partial charge < -0.3 is 10.1 Å². The minimum absolute atomic E-state index is 0.176. The Hall–Kier alpha value is -2.83. The molecular weight excluding hydrogens is 320 g/mol. The quantitative estimate of drug-likeness (QED) is 0.841. The average Bonchev–Trinajstić information content (AvgIpc) is 2.99. The van der Waals surface area contributed by atoms with Crippen LogP contribution < -0.4 is 10.1 Å². The molecule has 3 rings (SSSR count). The lowest BCUT2D eigenvalue weighted by molar-refractivity contribution is -0.131. The zero-order chi connectivity index (χ0) is 18.2. The van der Waals surface area contributed by atoms with Crippen molar-refractivity contribution in [2.45, 2.75) is 32.4 Å². The molecule has 3 amide bonds. The van der Waals surface area contributed by atoms with Crippen LogP contribution in [-0.4, -0.2) is 39.3 Å². The van der Waals surface area contributed by atoms with Crippen molar-refractivity contribution in [3.05, 3.63) is 47.3 Å². The topological polar surface area (TPSA) is 76.5 Å². The summed E-state index contributed by atoms with van der Waals surface area (Å²) < 4.78 is 6.83. The third-order valence-corrected chi connectivity index (χ3v) is 4.48. The summed E-state index contributed by atoms with van der Waals surface area (Å²) in [5.74, 6) is 0.515. The molecule has 132 valence electrons. The molecule has 7 heteroatoms. The highest BCUT2D eigenvalue weighted by Gasteiger charge is 2.47. The summed E-state index contributed by atoms with van der Waals surface area (Å²) in [6, 6.07) is 7.10. The van der Waals surface area contributed by atoms with Crippen LogP contribution in [0, 0.1) is 6.92 Å². The van der Waals surface area contributed by atoms with Gasteiger partial charge in [0.2, 0.25) is 0 Å². The molecule has 1 aromatic heterocycles. The van der Waals surface area contributed by atoms with E-state index in [9.17, 15) is 9.59 Å². The molecule has 2 heterocycles. The molecule has 1 fully saturated rings. The smallest absolute Gasteiger partial charge is 0.325 e. The van der Waals surface area contributed by atoms with E-state index in [0.717, 1.165) is 22.6 Å². The van der Waals surface area contributed by atoms with Crippen LogP contribution in [0.25, 0.3) is 0 Å². The van der Waals surface area contributed by atoms with Crippen LogP contribution in [0.2, 0.25) is 0 Å². The minimum atomic E-state index is -0.964. The summed E-state index contributed by atoms with van der Waals surface area (Å²) in [6.07, 6.45) is 2.28. The van der Waals surface area contributed by atoms with Gasteiger partial charge in [0, 0.05) is 19.7 Å². The van der Waals surface area contributed by atoms with Gasteiger partial charge in [-0.1, -0.05) is 12.1 Å². The van der Waals surface area contributed by atoms with Gasteiger partial charge in [-0.2, -0.15) is 5.10 Å². The maximum absolute atomic E-state index is 12.9. The summed E-state index contributed by atoms with van der Waals surface area (Å²) in [6.45, 7) is 3.84. The number of ether oxygens (including phenoxy) is 1. The van der Waals surface area contributed by atoms with E-state index in [0.29, 0.717) is 6.42 Å². The van der Waals surface area contributed by atoms with Crippen LogP contribution in [0.4, 0.5) is 4.79 Å². The lowest BCUT2D eigenvalue weighted by Gasteiger charge is -2.21. The summed E-state index contributed by atoms with van der Waals surface area (Å²) >= 11 is 0. The van der Waals surface area contributed by atoms with Gasteiger partial charge >= 0.3 is 6.03 Å². The Kier molecular flexibility index (Phi) is 4.24. The van der Waals surface area contributed by atoms with Gasteiger partial charge in [0.25, 0.3) is 5.91 Å². The number of imide groups is 1. The van der Waals surface area contributed by atoms with Crippen molar-refractivity contribution in [3.63, 3.8) is 0 Å². The second kappa shape index (κ2) is 6.23. The number of nitrogens with one attached hydrogen (secondary N) is 1. The third-order valence-electron chi connectivity index (χ3n) is 4.48. The van der Waals surface area contributed by atoms with Crippen LogP contribution in [0.15, 0.2) is 30.5 Å². The normalized spacial score (nSPS) is 20.1. The van der Waals surface area contributed by atoms with Crippen molar-refractivity contribution in [2.24, 2.45) is 7.05 Å². The average molecular weight is 342 g/mol. The molecule has 1 aromatic carbocycles. The Morgan fingerprint density at radius 3 is 2.48 bits per heavy atom. The Labute approximate surface area is 146 Å². The molecule has 1 N–H and O–H groups in total. The molecule has 7 nitrogen and oxygen atoms in total. The zero-order valence-electron chi connectivity index (χ0n) is 14.9. The number of amides is 3. The first-order chi connectivity index (χ1) is 11.8. The van der Waals surface area contributed by atoms with Gasteiger partial charge in [-0.3, -0.25) is 14.4 Å². The summed E-state index contributed by atoms with van der Waals surface area (Å²) in [5.41, 5.74) is 1.66. The van der Waals surface area contributed by atoms with Gasteiger partial charge in [-0.15, -0.1) is 0 Å². The number of benzene rings is 1. The molecule has 1 aliphatic rings. The van der Waals surface area contributed by atoms with E-state index in [2.05, 4.69) is 10.4 Å². The molecule has 1 unspecified atom stereocenters. The summed E-state index contributed by atoms with van der Waals surface area (Å²) in [7, 11) is 3.42. The molecule has 0 spiro atoms. The number of rotatable bonds is 5.